The van der Waals surface area contributed by atoms with Crippen LogP contribution >= 0.6 is 11.3 Å². The highest BCUT2D eigenvalue weighted by atomic mass is 32.1. The van der Waals surface area contributed by atoms with Gasteiger partial charge in [-0.3, -0.25) is 9.59 Å². The average Bonchev–Trinajstić information content (AvgIpc) is 3.04. The van der Waals surface area contributed by atoms with E-state index in [-0.39, 0.29) is 5.91 Å². The van der Waals surface area contributed by atoms with Crippen LogP contribution in [0.3, 0.4) is 0 Å². The van der Waals surface area contributed by atoms with Crippen LogP contribution in [-0.2, 0) is 9.59 Å². The fourth-order valence-electron chi connectivity index (χ4n) is 1.81. The van der Waals surface area contributed by atoms with Gasteiger partial charge in [0.25, 0.3) is 0 Å². The molecule has 0 saturated heterocycles. The summed E-state index contributed by atoms with van der Waals surface area (Å²) in [6, 6.07) is 2.06. The highest BCUT2D eigenvalue weighted by molar-refractivity contribution is 7.16. The second kappa shape index (κ2) is 4.42. The molecule has 1 heterocycles. The fraction of sp³-hybridized carbons (Fsp3) is 0.417. The van der Waals surface area contributed by atoms with E-state index in [9.17, 15) is 9.59 Å². The van der Waals surface area contributed by atoms with Gasteiger partial charge < -0.3 is 10.4 Å². The second-order valence-electron chi connectivity index (χ2n) is 4.38. The lowest BCUT2D eigenvalue weighted by Gasteiger charge is -2.01. The molecule has 0 spiro atoms. The third-order valence-electron chi connectivity index (χ3n) is 3.18. The molecule has 2 rings (SSSR count). The predicted molar refractivity (Wildman–Crippen MR) is 66.4 cm³/mol. The van der Waals surface area contributed by atoms with Crippen LogP contribution in [0.25, 0.3) is 0 Å². The van der Waals surface area contributed by atoms with Crippen molar-refractivity contribution < 1.29 is 14.7 Å². The van der Waals surface area contributed by atoms with E-state index in [0.717, 1.165) is 10.4 Å². The molecule has 1 aromatic heterocycles. The first-order valence-corrected chi connectivity index (χ1v) is 6.31. The van der Waals surface area contributed by atoms with Crippen LogP contribution in [0.2, 0.25) is 0 Å². The standard InChI is InChI=1S/C12H12N2O3S/c1-5-6(2)18-11(9(5)4-13)14-10(15)7-3-8(7)12(16)17/h7-8H,3H2,1-2H3,(H,14,15)(H,16,17)/t7-,8+/m1/s1. The van der Waals surface area contributed by atoms with Gasteiger partial charge in [-0.25, -0.2) is 0 Å². The maximum atomic E-state index is 11.8. The third kappa shape index (κ3) is 2.09. The minimum absolute atomic E-state index is 0.305. The van der Waals surface area contributed by atoms with Gasteiger partial charge >= 0.3 is 5.97 Å². The number of rotatable bonds is 3. The van der Waals surface area contributed by atoms with Crippen molar-refractivity contribution in [2.75, 3.05) is 5.32 Å². The number of hydrogen-bond acceptors (Lipinski definition) is 4. The number of carboxylic acids is 1. The Bertz CT molecular complexity index is 571. The number of aliphatic carboxylic acids is 1. The summed E-state index contributed by atoms with van der Waals surface area (Å²) in [5, 5.41) is 21.0. The molecule has 18 heavy (non-hydrogen) atoms. The van der Waals surface area contributed by atoms with Gasteiger partial charge in [0.05, 0.1) is 17.4 Å². The van der Waals surface area contributed by atoms with Gasteiger partial charge in [0.15, 0.2) is 0 Å². The minimum atomic E-state index is -0.936. The van der Waals surface area contributed by atoms with E-state index in [0.29, 0.717) is 17.0 Å². The zero-order valence-electron chi connectivity index (χ0n) is 9.98. The molecule has 1 saturated carbocycles. The van der Waals surface area contributed by atoms with E-state index < -0.39 is 17.8 Å². The van der Waals surface area contributed by atoms with Gasteiger partial charge in [0.2, 0.25) is 5.91 Å². The third-order valence-corrected chi connectivity index (χ3v) is 4.30. The van der Waals surface area contributed by atoms with Crippen molar-refractivity contribution in [3.63, 3.8) is 0 Å². The summed E-state index contributed by atoms with van der Waals surface area (Å²) in [7, 11) is 0. The van der Waals surface area contributed by atoms with Crippen LogP contribution in [0, 0.1) is 37.0 Å². The topological polar surface area (TPSA) is 90.2 Å². The number of nitrogens with one attached hydrogen (secondary N) is 1. The molecule has 1 fully saturated rings. The largest absolute Gasteiger partial charge is 0.481 e. The Balaban J connectivity index is 2.12. The van der Waals surface area contributed by atoms with Crippen molar-refractivity contribution in [2.24, 2.45) is 11.8 Å². The number of carbonyl (C=O) groups is 2. The lowest BCUT2D eigenvalue weighted by Crippen LogP contribution is -2.16. The monoisotopic (exact) mass is 264 g/mol. The normalized spacial score (nSPS) is 21.2. The molecule has 2 N–H and O–H groups in total. The molecule has 1 aliphatic rings. The van der Waals surface area contributed by atoms with Gasteiger partial charge in [-0.05, 0) is 25.8 Å². The Morgan fingerprint density at radius 1 is 1.44 bits per heavy atom. The number of carbonyl (C=O) groups excluding carboxylic acids is 1. The van der Waals surface area contributed by atoms with Crippen molar-refractivity contribution >= 4 is 28.2 Å². The van der Waals surface area contributed by atoms with Crippen molar-refractivity contribution in [1.82, 2.24) is 0 Å². The van der Waals surface area contributed by atoms with E-state index in [1.54, 1.807) is 0 Å². The van der Waals surface area contributed by atoms with E-state index >= 15 is 0 Å². The molecule has 94 valence electrons. The van der Waals surface area contributed by atoms with Crippen molar-refractivity contribution in [1.29, 1.82) is 5.26 Å². The maximum absolute atomic E-state index is 11.8. The number of nitriles is 1. The van der Waals surface area contributed by atoms with Crippen LogP contribution in [0.1, 0.15) is 22.4 Å². The molecular formula is C12H12N2O3S. The van der Waals surface area contributed by atoms with Crippen LogP contribution in [0.5, 0.6) is 0 Å². The maximum Gasteiger partial charge on any atom is 0.307 e. The lowest BCUT2D eigenvalue weighted by atomic mass is 10.2. The minimum Gasteiger partial charge on any atom is -0.481 e. The first-order valence-electron chi connectivity index (χ1n) is 5.49. The van der Waals surface area contributed by atoms with E-state index in [4.69, 9.17) is 10.4 Å². The van der Waals surface area contributed by atoms with Crippen molar-refractivity contribution in [3.8, 4) is 6.07 Å². The first-order chi connectivity index (χ1) is 8.45. The number of nitrogens with zero attached hydrogens (tertiary/aromatic N) is 1. The molecular weight excluding hydrogens is 252 g/mol. The van der Waals surface area contributed by atoms with Crippen LogP contribution in [0.4, 0.5) is 5.00 Å². The second-order valence-corrected chi connectivity index (χ2v) is 5.60. The van der Waals surface area contributed by atoms with Gasteiger partial charge in [-0.1, -0.05) is 0 Å². The fourth-order valence-corrected chi connectivity index (χ4v) is 2.83. The first kappa shape index (κ1) is 12.6. The SMILES string of the molecule is Cc1sc(NC(=O)[C@@H]2C[C@@H]2C(=O)O)c(C#N)c1C. The Kier molecular flexibility index (Phi) is 3.09. The number of hydrogen-bond donors (Lipinski definition) is 2. The van der Waals surface area contributed by atoms with Gasteiger partial charge in [-0.2, -0.15) is 5.26 Å². The molecule has 2 atom stereocenters. The lowest BCUT2D eigenvalue weighted by molar-refractivity contribution is -0.139. The van der Waals surface area contributed by atoms with Crippen LogP contribution in [-0.4, -0.2) is 17.0 Å². The Hall–Kier alpha value is -1.87. The zero-order chi connectivity index (χ0) is 13.4. The molecule has 0 radical (unpaired) electrons. The quantitative estimate of drug-likeness (QED) is 0.872. The van der Waals surface area contributed by atoms with Crippen LogP contribution < -0.4 is 5.32 Å². The molecule has 0 aromatic carbocycles. The molecule has 1 aliphatic carbocycles. The van der Waals surface area contributed by atoms with Gasteiger partial charge in [-0.15, -0.1) is 11.3 Å². The molecule has 0 aliphatic heterocycles. The average molecular weight is 264 g/mol. The Morgan fingerprint density at radius 3 is 2.61 bits per heavy atom. The molecule has 0 bridgehead atoms. The molecule has 0 unspecified atom stereocenters. The summed E-state index contributed by atoms with van der Waals surface area (Å²) in [6.45, 7) is 3.71. The van der Waals surface area contributed by atoms with E-state index in [2.05, 4.69) is 11.4 Å². The van der Waals surface area contributed by atoms with E-state index in [1.165, 1.54) is 11.3 Å². The Labute approximate surface area is 108 Å². The molecule has 1 amide bonds. The number of amides is 1. The van der Waals surface area contributed by atoms with Crippen molar-refractivity contribution in [3.05, 3.63) is 16.0 Å². The van der Waals surface area contributed by atoms with Crippen LogP contribution in [0.15, 0.2) is 0 Å². The number of thiophene rings is 1. The smallest absolute Gasteiger partial charge is 0.307 e. The summed E-state index contributed by atoms with van der Waals surface area (Å²) < 4.78 is 0. The summed E-state index contributed by atoms with van der Waals surface area (Å²) in [5.74, 6) is -2.27. The van der Waals surface area contributed by atoms with E-state index in [1.807, 2.05) is 13.8 Å². The number of carboxylic acid groups (broad SMARTS) is 1. The predicted octanol–water partition coefficient (Wildman–Crippen LogP) is 1.90. The summed E-state index contributed by atoms with van der Waals surface area (Å²) in [6.07, 6.45) is 0.381. The van der Waals surface area contributed by atoms with Gasteiger partial charge in [0, 0.05) is 4.88 Å². The highest BCUT2D eigenvalue weighted by Gasteiger charge is 2.48. The Morgan fingerprint density at radius 2 is 2.11 bits per heavy atom. The highest BCUT2D eigenvalue weighted by Crippen LogP contribution is 2.40. The zero-order valence-corrected chi connectivity index (χ0v) is 10.8. The number of aryl methyl sites for hydroxylation is 1. The van der Waals surface area contributed by atoms with Gasteiger partial charge in [0.1, 0.15) is 11.1 Å². The molecule has 6 heteroatoms. The number of anilines is 1. The van der Waals surface area contributed by atoms with Crippen molar-refractivity contribution in [2.45, 2.75) is 20.3 Å². The summed E-state index contributed by atoms with van der Waals surface area (Å²) in [4.78, 5) is 23.5. The summed E-state index contributed by atoms with van der Waals surface area (Å²) in [5.41, 5.74) is 1.33. The summed E-state index contributed by atoms with van der Waals surface area (Å²) >= 11 is 1.35. The molecule has 5 nitrogen and oxygen atoms in total. The molecule has 1 aromatic rings.